The van der Waals surface area contributed by atoms with E-state index in [2.05, 4.69) is 5.32 Å². The van der Waals surface area contributed by atoms with Gasteiger partial charge in [-0.15, -0.1) is 0 Å². The third kappa shape index (κ3) is 4.21. The second kappa shape index (κ2) is 6.02. The van der Waals surface area contributed by atoms with E-state index in [4.69, 9.17) is 4.74 Å². The molecular formula is C14H18FNO3. The number of carbonyl (C=O) groups excluding carboxylic acids is 1. The molecule has 0 spiro atoms. The fraction of sp³-hybridized carbons (Fsp3) is 0.500. The Bertz CT molecular complexity index is 458. The van der Waals surface area contributed by atoms with Gasteiger partial charge in [0.25, 0.3) is 0 Å². The zero-order chi connectivity index (χ0) is 13.8. The number of hydrogen-bond acceptors (Lipinski definition) is 3. The Morgan fingerprint density at radius 3 is 2.89 bits per heavy atom. The van der Waals surface area contributed by atoms with Crippen LogP contribution >= 0.6 is 0 Å². The molecule has 1 amide bonds. The number of rotatable bonds is 6. The number of carbonyl (C=O) groups is 1. The minimum atomic E-state index is -0.715. The van der Waals surface area contributed by atoms with E-state index in [1.807, 2.05) is 0 Å². The lowest BCUT2D eigenvalue weighted by atomic mass is 10.1. The van der Waals surface area contributed by atoms with E-state index in [1.54, 1.807) is 13.0 Å². The Hall–Kier alpha value is -1.62. The lowest BCUT2D eigenvalue weighted by molar-refractivity contribution is -0.121. The highest BCUT2D eigenvalue weighted by molar-refractivity contribution is 5.76. The molecule has 2 N–H and O–H groups in total. The summed E-state index contributed by atoms with van der Waals surface area (Å²) >= 11 is 0. The van der Waals surface area contributed by atoms with Gasteiger partial charge in [0.05, 0.1) is 19.1 Å². The summed E-state index contributed by atoms with van der Waals surface area (Å²) in [5.74, 6) is -0.492. The molecule has 0 heterocycles. The summed E-state index contributed by atoms with van der Waals surface area (Å²) in [6.07, 6.45) is 1.59. The van der Waals surface area contributed by atoms with E-state index in [9.17, 15) is 14.3 Å². The van der Waals surface area contributed by atoms with Gasteiger partial charge in [0.1, 0.15) is 0 Å². The normalized spacial score (nSPS) is 15.9. The molecule has 1 aromatic carbocycles. The van der Waals surface area contributed by atoms with Crippen molar-refractivity contribution < 1.29 is 19.0 Å². The second-order valence-electron chi connectivity index (χ2n) is 4.81. The molecule has 1 aromatic rings. The number of nitrogens with one attached hydrogen (secondary N) is 1. The Labute approximate surface area is 111 Å². The lowest BCUT2D eigenvalue weighted by Gasteiger charge is -2.10. The van der Waals surface area contributed by atoms with Crippen molar-refractivity contribution in [2.45, 2.75) is 38.3 Å². The van der Waals surface area contributed by atoms with Crippen molar-refractivity contribution in [1.82, 2.24) is 5.32 Å². The minimum Gasteiger partial charge on any atom is -0.490 e. The van der Waals surface area contributed by atoms with E-state index in [-0.39, 0.29) is 24.7 Å². The highest BCUT2D eigenvalue weighted by Gasteiger charge is 2.22. The first kappa shape index (κ1) is 13.8. The van der Waals surface area contributed by atoms with Gasteiger partial charge < -0.3 is 15.2 Å². The zero-order valence-electron chi connectivity index (χ0n) is 10.9. The zero-order valence-corrected chi connectivity index (χ0v) is 10.9. The predicted octanol–water partition coefficient (Wildman–Crippen LogP) is 1.93. The largest absolute Gasteiger partial charge is 0.490 e. The van der Waals surface area contributed by atoms with Crippen LogP contribution in [0, 0.1) is 5.82 Å². The van der Waals surface area contributed by atoms with Crippen molar-refractivity contribution in [2.24, 2.45) is 0 Å². The number of benzene rings is 1. The first-order valence-corrected chi connectivity index (χ1v) is 6.46. The molecule has 5 heteroatoms. The highest BCUT2D eigenvalue weighted by atomic mass is 19.1. The smallest absolute Gasteiger partial charge is 0.223 e. The molecule has 0 aliphatic heterocycles. The van der Waals surface area contributed by atoms with E-state index in [0.29, 0.717) is 11.6 Å². The van der Waals surface area contributed by atoms with Gasteiger partial charge in [0.2, 0.25) is 5.91 Å². The van der Waals surface area contributed by atoms with E-state index >= 15 is 0 Å². The van der Waals surface area contributed by atoms with Crippen molar-refractivity contribution in [3.05, 3.63) is 29.6 Å². The monoisotopic (exact) mass is 267 g/mol. The van der Waals surface area contributed by atoms with Crippen LogP contribution in [0.1, 0.15) is 37.9 Å². The van der Waals surface area contributed by atoms with Gasteiger partial charge in [-0.2, -0.15) is 0 Å². The number of amides is 1. The summed E-state index contributed by atoms with van der Waals surface area (Å²) in [4.78, 5) is 11.4. The third-order valence-corrected chi connectivity index (χ3v) is 2.97. The number of aliphatic hydroxyl groups is 1. The van der Waals surface area contributed by atoms with Crippen LogP contribution in [0.4, 0.5) is 4.39 Å². The molecular weight excluding hydrogens is 249 g/mol. The summed E-state index contributed by atoms with van der Waals surface area (Å²) in [6, 6.07) is 4.64. The van der Waals surface area contributed by atoms with Crippen LogP contribution < -0.4 is 10.1 Å². The van der Waals surface area contributed by atoms with Crippen LogP contribution in [-0.4, -0.2) is 23.7 Å². The molecule has 0 saturated heterocycles. The Balaban J connectivity index is 1.80. The van der Waals surface area contributed by atoms with Crippen molar-refractivity contribution in [3.63, 3.8) is 0 Å². The fourth-order valence-electron chi connectivity index (χ4n) is 1.68. The first-order chi connectivity index (χ1) is 9.06. The quantitative estimate of drug-likeness (QED) is 0.828. The van der Waals surface area contributed by atoms with Crippen LogP contribution in [-0.2, 0) is 4.79 Å². The maximum absolute atomic E-state index is 13.6. The van der Waals surface area contributed by atoms with Crippen molar-refractivity contribution in [1.29, 1.82) is 0 Å². The van der Waals surface area contributed by atoms with Crippen LogP contribution in [0.3, 0.4) is 0 Å². The molecule has 1 unspecified atom stereocenters. The van der Waals surface area contributed by atoms with Crippen molar-refractivity contribution in [3.8, 4) is 5.75 Å². The molecule has 104 valence electrons. The van der Waals surface area contributed by atoms with Crippen LogP contribution in [0.15, 0.2) is 18.2 Å². The van der Waals surface area contributed by atoms with Gasteiger partial charge in [-0.25, -0.2) is 4.39 Å². The van der Waals surface area contributed by atoms with Gasteiger partial charge in [-0.1, -0.05) is 6.07 Å². The lowest BCUT2D eigenvalue weighted by Crippen LogP contribution is -2.26. The van der Waals surface area contributed by atoms with E-state index in [0.717, 1.165) is 12.8 Å². The van der Waals surface area contributed by atoms with Crippen LogP contribution in [0.25, 0.3) is 0 Å². The van der Waals surface area contributed by atoms with Crippen LogP contribution in [0.5, 0.6) is 5.75 Å². The topological polar surface area (TPSA) is 58.6 Å². The molecule has 1 fully saturated rings. The number of hydrogen-bond donors (Lipinski definition) is 2. The molecule has 19 heavy (non-hydrogen) atoms. The summed E-state index contributed by atoms with van der Waals surface area (Å²) < 4.78 is 18.8. The average molecular weight is 267 g/mol. The SMILES string of the molecule is CC(O)c1ccc(OCCC(=O)NC2CC2)c(F)c1. The number of aliphatic hydroxyl groups excluding tert-OH is 1. The molecule has 0 aromatic heterocycles. The summed E-state index contributed by atoms with van der Waals surface area (Å²) in [6.45, 7) is 1.71. The van der Waals surface area contributed by atoms with Gasteiger partial charge in [0, 0.05) is 6.04 Å². The molecule has 1 atom stereocenters. The molecule has 4 nitrogen and oxygen atoms in total. The summed E-state index contributed by atoms with van der Waals surface area (Å²) in [5.41, 5.74) is 0.497. The maximum Gasteiger partial charge on any atom is 0.223 e. The Kier molecular flexibility index (Phi) is 4.37. The Morgan fingerprint density at radius 1 is 1.58 bits per heavy atom. The minimum absolute atomic E-state index is 0.0662. The highest BCUT2D eigenvalue weighted by Crippen LogP contribution is 2.22. The number of halogens is 1. The van der Waals surface area contributed by atoms with Crippen LogP contribution in [0.2, 0.25) is 0 Å². The van der Waals surface area contributed by atoms with E-state index < -0.39 is 11.9 Å². The number of ether oxygens (including phenoxy) is 1. The third-order valence-electron chi connectivity index (χ3n) is 2.97. The van der Waals surface area contributed by atoms with Gasteiger partial charge in [-0.05, 0) is 37.5 Å². The van der Waals surface area contributed by atoms with Crippen molar-refractivity contribution in [2.75, 3.05) is 6.61 Å². The van der Waals surface area contributed by atoms with Gasteiger partial charge in [0.15, 0.2) is 11.6 Å². The standard InChI is InChI=1S/C14H18FNO3/c1-9(17)10-2-5-13(12(15)8-10)19-7-6-14(18)16-11-3-4-11/h2,5,8-9,11,17H,3-4,6-7H2,1H3,(H,16,18). The summed E-state index contributed by atoms with van der Waals surface area (Å²) in [5, 5.41) is 12.2. The summed E-state index contributed by atoms with van der Waals surface area (Å²) in [7, 11) is 0. The van der Waals surface area contributed by atoms with Gasteiger partial charge in [-0.3, -0.25) is 4.79 Å². The van der Waals surface area contributed by atoms with Gasteiger partial charge >= 0.3 is 0 Å². The average Bonchev–Trinajstić information content (AvgIpc) is 3.14. The second-order valence-corrected chi connectivity index (χ2v) is 4.81. The van der Waals surface area contributed by atoms with E-state index in [1.165, 1.54) is 12.1 Å². The molecule has 1 aliphatic carbocycles. The molecule has 2 rings (SSSR count). The maximum atomic E-state index is 13.6. The molecule has 0 radical (unpaired) electrons. The Morgan fingerprint density at radius 2 is 2.32 bits per heavy atom. The first-order valence-electron chi connectivity index (χ1n) is 6.46. The molecule has 1 aliphatic rings. The predicted molar refractivity (Wildman–Crippen MR) is 68.3 cm³/mol. The molecule has 0 bridgehead atoms. The fourth-order valence-corrected chi connectivity index (χ4v) is 1.68. The molecule has 1 saturated carbocycles. The van der Waals surface area contributed by atoms with Crippen molar-refractivity contribution >= 4 is 5.91 Å².